The molecule has 0 aliphatic carbocycles. The van der Waals surface area contributed by atoms with E-state index >= 15 is 0 Å². The predicted molar refractivity (Wildman–Crippen MR) is 354 cm³/mol. The van der Waals surface area contributed by atoms with Gasteiger partial charge in [0.05, 0.1) is 26.4 Å². The fourth-order valence-electron chi connectivity index (χ4n) is 9.98. The number of carbonyl (C=O) groups excluding carboxylic acids is 4. The molecule has 518 valence electrons. The van der Waals surface area contributed by atoms with Gasteiger partial charge in [0.15, 0.2) is 12.2 Å². The Hall–Kier alpha value is -2.46. The number of carbonyl (C=O) groups is 4. The Morgan fingerprint density at radius 3 is 0.830 bits per heavy atom. The monoisotopic (exact) mass is 1290 g/mol. The Labute approximate surface area is 535 Å². The van der Waals surface area contributed by atoms with Gasteiger partial charge in [-0.15, -0.1) is 0 Å². The summed E-state index contributed by atoms with van der Waals surface area (Å²) in [7, 11) is -9.90. The Bertz CT molecular complexity index is 1780. The first-order chi connectivity index (χ1) is 42.7. The average molecular weight is 1290 g/mol. The summed E-state index contributed by atoms with van der Waals surface area (Å²) >= 11 is 0. The van der Waals surface area contributed by atoms with Crippen molar-refractivity contribution >= 4 is 39.5 Å². The maximum Gasteiger partial charge on any atom is 0.472 e. The van der Waals surface area contributed by atoms with E-state index in [1.54, 1.807) is 0 Å². The lowest BCUT2D eigenvalue weighted by Gasteiger charge is -2.21. The molecule has 3 N–H and O–H groups in total. The van der Waals surface area contributed by atoms with E-state index in [2.05, 4.69) is 52.0 Å². The van der Waals surface area contributed by atoms with Gasteiger partial charge in [0, 0.05) is 25.7 Å². The molecule has 0 rings (SSSR count). The van der Waals surface area contributed by atoms with Gasteiger partial charge in [-0.25, -0.2) is 9.13 Å². The lowest BCUT2D eigenvalue weighted by molar-refractivity contribution is -0.161. The van der Waals surface area contributed by atoms with Gasteiger partial charge in [0.2, 0.25) is 0 Å². The van der Waals surface area contributed by atoms with Crippen molar-refractivity contribution in [2.75, 3.05) is 39.6 Å². The largest absolute Gasteiger partial charge is 0.472 e. The Balaban J connectivity index is 5.24. The molecule has 0 fully saturated rings. The standard InChI is InChI=1S/C69H130O17P2/c1-5-9-13-17-21-25-27-29-31-33-35-37-40-44-48-52-56-69(74)86-65(60-80-67(72)54-50-46-42-39-36-34-32-30-28-26-22-18-14-10-6-2)62-84-88(77,78)82-58-63(70)57-81-87(75,76)83-61-64(59-79-66(71)53-49-45-41-24-20-16-12-8-4)85-68(73)55-51-47-43-38-23-19-15-11-7-3/h26,28,30,32,63-65,70H,5-25,27,29,31,33-62H2,1-4H3,(H,75,76)(H,77,78)/b28-26-,32-30-/t63-,64+,65+/m0/s1. The summed E-state index contributed by atoms with van der Waals surface area (Å²) in [5.74, 6) is -2.16. The van der Waals surface area contributed by atoms with Crippen LogP contribution in [0, 0.1) is 0 Å². The Morgan fingerprint density at radius 1 is 0.318 bits per heavy atom. The van der Waals surface area contributed by atoms with Gasteiger partial charge in [-0.2, -0.15) is 0 Å². The van der Waals surface area contributed by atoms with Crippen molar-refractivity contribution < 1.29 is 80.2 Å². The zero-order valence-corrected chi connectivity index (χ0v) is 58.0. The van der Waals surface area contributed by atoms with E-state index < -0.39 is 97.5 Å². The molecule has 0 aliphatic heterocycles. The Kier molecular flexibility index (Phi) is 61.5. The molecule has 2 unspecified atom stereocenters. The quantitative estimate of drug-likeness (QED) is 0.0169. The first-order valence-corrected chi connectivity index (χ1v) is 38.6. The highest BCUT2D eigenvalue weighted by Gasteiger charge is 2.30. The number of allylic oxidation sites excluding steroid dienone is 4. The molecule has 88 heavy (non-hydrogen) atoms. The zero-order valence-electron chi connectivity index (χ0n) is 56.2. The molecule has 5 atom stereocenters. The van der Waals surface area contributed by atoms with E-state index in [0.717, 1.165) is 116 Å². The van der Waals surface area contributed by atoms with Gasteiger partial charge in [-0.3, -0.25) is 37.3 Å². The van der Waals surface area contributed by atoms with Gasteiger partial charge in [-0.1, -0.05) is 283 Å². The molecule has 0 spiro atoms. The molecule has 0 aliphatic rings. The number of phosphoric acid groups is 2. The van der Waals surface area contributed by atoms with E-state index in [9.17, 15) is 43.2 Å². The van der Waals surface area contributed by atoms with Crippen LogP contribution >= 0.6 is 15.6 Å². The van der Waals surface area contributed by atoms with Crippen molar-refractivity contribution in [2.45, 2.75) is 354 Å². The van der Waals surface area contributed by atoms with Crippen molar-refractivity contribution in [3.63, 3.8) is 0 Å². The van der Waals surface area contributed by atoms with Crippen LogP contribution in [-0.2, 0) is 65.4 Å². The number of rotatable bonds is 68. The molecular weight excluding hydrogens is 1160 g/mol. The van der Waals surface area contributed by atoms with Gasteiger partial charge in [0.25, 0.3) is 0 Å². The van der Waals surface area contributed by atoms with E-state index in [1.165, 1.54) is 141 Å². The van der Waals surface area contributed by atoms with E-state index in [0.29, 0.717) is 25.7 Å². The number of phosphoric ester groups is 2. The van der Waals surface area contributed by atoms with Crippen LogP contribution in [0.1, 0.15) is 336 Å². The molecule has 0 saturated heterocycles. The minimum atomic E-state index is -4.96. The maximum absolute atomic E-state index is 13.0. The molecule has 0 heterocycles. The Morgan fingerprint density at radius 2 is 0.545 bits per heavy atom. The topological polar surface area (TPSA) is 237 Å². The van der Waals surface area contributed by atoms with Crippen LogP contribution in [0.3, 0.4) is 0 Å². The molecule has 0 aromatic carbocycles. The normalized spacial score (nSPS) is 14.2. The molecular formula is C69H130O17P2. The maximum atomic E-state index is 13.0. The molecule has 0 radical (unpaired) electrons. The van der Waals surface area contributed by atoms with Crippen LogP contribution in [-0.4, -0.2) is 96.7 Å². The zero-order chi connectivity index (χ0) is 64.7. The fourth-order valence-corrected chi connectivity index (χ4v) is 11.6. The minimum absolute atomic E-state index is 0.102. The van der Waals surface area contributed by atoms with Gasteiger partial charge >= 0.3 is 39.5 Å². The van der Waals surface area contributed by atoms with E-state index in [1.807, 2.05) is 0 Å². The second-order valence-corrected chi connectivity index (χ2v) is 27.1. The third kappa shape index (κ3) is 62.4. The number of esters is 4. The van der Waals surface area contributed by atoms with Crippen LogP contribution in [0.15, 0.2) is 24.3 Å². The molecule has 0 saturated carbocycles. The number of ether oxygens (including phenoxy) is 4. The van der Waals surface area contributed by atoms with Crippen LogP contribution in [0.5, 0.6) is 0 Å². The SMILES string of the molecule is CCCCCC/C=C\C=C/CCCCCCCC(=O)OC[C@H](COP(=O)(O)OC[C@@H](O)COP(=O)(O)OC[C@@H](COC(=O)CCCCCCCCCC)OC(=O)CCCCCCCCCCC)OC(=O)CCCCCCCCCCCCCCCCCC. The highest BCUT2D eigenvalue weighted by Crippen LogP contribution is 2.45. The van der Waals surface area contributed by atoms with Crippen molar-refractivity contribution in [1.82, 2.24) is 0 Å². The second-order valence-electron chi connectivity index (χ2n) is 24.2. The molecule has 0 aromatic rings. The summed E-state index contributed by atoms with van der Waals surface area (Å²) in [6.45, 7) is 4.83. The summed E-state index contributed by atoms with van der Waals surface area (Å²) < 4.78 is 68.1. The third-order valence-electron chi connectivity index (χ3n) is 15.5. The van der Waals surface area contributed by atoms with Crippen molar-refractivity contribution in [1.29, 1.82) is 0 Å². The van der Waals surface area contributed by atoms with Crippen LogP contribution in [0.4, 0.5) is 0 Å². The third-order valence-corrected chi connectivity index (χ3v) is 17.4. The second kappa shape index (κ2) is 63.3. The van der Waals surface area contributed by atoms with Gasteiger partial charge in [-0.05, 0) is 51.4 Å². The summed E-state index contributed by atoms with van der Waals surface area (Å²) in [6, 6.07) is 0. The number of hydrogen-bond donors (Lipinski definition) is 3. The first kappa shape index (κ1) is 85.5. The smallest absolute Gasteiger partial charge is 0.462 e. The summed E-state index contributed by atoms with van der Waals surface area (Å²) in [5.41, 5.74) is 0. The molecule has 0 amide bonds. The first-order valence-electron chi connectivity index (χ1n) is 35.6. The molecule has 0 bridgehead atoms. The number of aliphatic hydroxyl groups excluding tert-OH is 1. The minimum Gasteiger partial charge on any atom is -0.462 e. The molecule has 19 heteroatoms. The van der Waals surface area contributed by atoms with Crippen molar-refractivity contribution in [3.05, 3.63) is 24.3 Å². The fraction of sp³-hybridized carbons (Fsp3) is 0.884. The van der Waals surface area contributed by atoms with Gasteiger partial charge < -0.3 is 33.8 Å². The average Bonchev–Trinajstić information content (AvgIpc) is 3.56. The van der Waals surface area contributed by atoms with Crippen molar-refractivity contribution in [3.8, 4) is 0 Å². The highest BCUT2D eigenvalue weighted by molar-refractivity contribution is 7.47. The molecule has 17 nitrogen and oxygen atoms in total. The number of hydrogen-bond acceptors (Lipinski definition) is 15. The van der Waals surface area contributed by atoms with Crippen LogP contribution in [0.2, 0.25) is 0 Å². The predicted octanol–water partition coefficient (Wildman–Crippen LogP) is 19.4. The van der Waals surface area contributed by atoms with Gasteiger partial charge in [0.1, 0.15) is 19.3 Å². The van der Waals surface area contributed by atoms with Crippen LogP contribution in [0.25, 0.3) is 0 Å². The van der Waals surface area contributed by atoms with E-state index in [-0.39, 0.29) is 25.7 Å². The van der Waals surface area contributed by atoms with E-state index in [4.69, 9.17) is 37.0 Å². The summed E-state index contributed by atoms with van der Waals surface area (Å²) in [5, 5.41) is 10.6. The lowest BCUT2D eigenvalue weighted by atomic mass is 10.0. The molecule has 0 aromatic heterocycles. The van der Waals surface area contributed by atoms with Crippen molar-refractivity contribution in [2.24, 2.45) is 0 Å². The highest BCUT2D eigenvalue weighted by atomic mass is 31.2. The lowest BCUT2D eigenvalue weighted by Crippen LogP contribution is -2.30. The van der Waals surface area contributed by atoms with Crippen LogP contribution < -0.4 is 0 Å². The number of unbranched alkanes of at least 4 members (excludes halogenated alkanes) is 39. The summed E-state index contributed by atoms with van der Waals surface area (Å²) in [6.07, 6.45) is 53.6. The number of aliphatic hydroxyl groups is 1. The summed E-state index contributed by atoms with van der Waals surface area (Å²) in [4.78, 5) is 72.3.